The molecule has 1 aromatic rings. The van der Waals surface area contributed by atoms with Crippen molar-refractivity contribution in [2.75, 3.05) is 17.7 Å². The number of nitrogens with one attached hydrogen (secondary N) is 1. The van der Waals surface area contributed by atoms with Gasteiger partial charge in [-0.15, -0.1) is 11.8 Å². The van der Waals surface area contributed by atoms with Crippen molar-refractivity contribution in [2.45, 2.75) is 30.7 Å². The molecule has 2 aliphatic rings. The van der Waals surface area contributed by atoms with Crippen molar-refractivity contribution in [3.8, 4) is 0 Å². The van der Waals surface area contributed by atoms with Crippen LogP contribution in [0.1, 0.15) is 19.8 Å². The maximum atomic E-state index is 12.3. The molecule has 0 bridgehead atoms. The number of aromatic nitrogens is 1. The van der Waals surface area contributed by atoms with Crippen molar-refractivity contribution in [1.29, 1.82) is 0 Å². The van der Waals surface area contributed by atoms with Crippen LogP contribution in [0, 0.1) is 0 Å². The summed E-state index contributed by atoms with van der Waals surface area (Å²) in [5.41, 5.74) is 0.346. The average Bonchev–Trinajstić information content (AvgIpc) is 3.04. The molecule has 3 rings (SSSR count). The molecular weight excluding hydrogens is 354 g/mol. The second-order valence-electron chi connectivity index (χ2n) is 5.76. The standard InChI is InChI=1S/C15H16ClN3O4S/c1-15-5-4-12(21)19(15)10(8-24-15)14(22)23-7-11(20)18-9-3-2-6-17-13(9)16/h2-3,6,10H,4-5,7-8H2,1H3,(H,18,20)/t10-,15+/m0/s1. The zero-order valence-corrected chi connectivity index (χ0v) is 14.5. The topological polar surface area (TPSA) is 88.6 Å². The van der Waals surface area contributed by atoms with Gasteiger partial charge in [0.1, 0.15) is 6.04 Å². The highest BCUT2D eigenvalue weighted by molar-refractivity contribution is 8.01. The van der Waals surface area contributed by atoms with E-state index >= 15 is 0 Å². The zero-order valence-electron chi connectivity index (χ0n) is 13.0. The van der Waals surface area contributed by atoms with Crippen molar-refractivity contribution < 1.29 is 19.1 Å². The fourth-order valence-electron chi connectivity index (χ4n) is 2.89. The molecule has 2 fully saturated rings. The summed E-state index contributed by atoms with van der Waals surface area (Å²) in [5.74, 6) is -0.638. The Labute approximate surface area is 148 Å². The summed E-state index contributed by atoms with van der Waals surface area (Å²) >= 11 is 7.42. The van der Waals surface area contributed by atoms with Gasteiger partial charge in [0.25, 0.3) is 5.91 Å². The first kappa shape index (κ1) is 17.0. The lowest BCUT2D eigenvalue weighted by molar-refractivity contribution is -0.155. The Balaban J connectivity index is 1.55. The predicted octanol–water partition coefficient (Wildman–Crippen LogP) is 1.67. The molecule has 2 amide bonds. The maximum Gasteiger partial charge on any atom is 0.330 e. The van der Waals surface area contributed by atoms with Crippen LogP contribution in [0.5, 0.6) is 0 Å². The molecule has 3 heterocycles. The number of nitrogens with zero attached hydrogens (tertiary/aromatic N) is 2. The Bertz CT molecular complexity index is 701. The minimum atomic E-state index is -0.634. The number of ether oxygens (including phenoxy) is 1. The first-order chi connectivity index (χ1) is 11.4. The van der Waals surface area contributed by atoms with E-state index in [9.17, 15) is 14.4 Å². The number of hydrogen-bond donors (Lipinski definition) is 1. The fourth-order valence-corrected chi connectivity index (χ4v) is 4.48. The number of carbonyl (C=O) groups excluding carboxylic acids is 3. The molecule has 1 aromatic heterocycles. The van der Waals surface area contributed by atoms with Crippen LogP contribution in [-0.4, -0.2) is 50.9 Å². The molecule has 9 heteroatoms. The normalized spacial score (nSPS) is 25.5. The van der Waals surface area contributed by atoms with E-state index in [1.807, 2.05) is 6.92 Å². The highest BCUT2D eigenvalue weighted by Gasteiger charge is 2.53. The van der Waals surface area contributed by atoms with E-state index in [1.165, 1.54) is 6.20 Å². The molecule has 7 nitrogen and oxygen atoms in total. The largest absolute Gasteiger partial charge is 0.454 e. The molecule has 0 unspecified atom stereocenters. The van der Waals surface area contributed by atoms with Gasteiger partial charge in [0, 0.05) is 18.4 Å². The van der Waals surface area contributed by atoms with E-state index in [-0.39, 0.29) is 15.9 Å². The average molecular weight is 370 g/mol. The summed E-state index contributed by atoms with van der Waals surface area (Å²) < 4.78 is 5.08. The highest BCUT2D eigenvalue weighted by Crippen LogP contribution is 2.47. The second kappa shape index (κ2) is 6.60. The predicted molar refractivity (Wildman–Crippen MR) is 89.6 cm³/mol. The van der Waals surface area contributed by atoms with E-state index in [4.69, 9.17) is 16.3 Å². The Kier molecular flexibility index (Phi) is 4.69. The quantitative estimate of drug-likeness (QED) is 0.641. The van der Waals surface area contributed by atoms with Gasteiger partial charge >= 0.3 is 5.97 Å². The molecular formula is C15H16ClN3O4S. The molecule has 1 N–H and O–H groups in total. The van der Waals surface area contributed by atoms with Gasteiger partial charge < -0.3 is 15.0 Å². The van der Waals surface area contributed by atoms with E-state index in [2.05, 4.69) is 10.3 Å². The molecule has 2 atom stereocenters. The van der Waals surface area contributed by atoms with Crippen molar-refractivity contribution >= 4 is 46.8 Å². The Morgan fingerprint density at radius 2 is 2.38 bits per heavy atom. The van der Waals surface area contributed by atoms with Crippen LogP contribution in [0.4, 0.5) is 5.69 Å². The number of esters is 1. The van der Waals surface area contributed by atoms with Gasteiger partial charge in [-0.3, -0.25) is 9.59 Å². The second-order valence-corrected chi connectivity index (χ2v) is 7.62. The lowest BCUT2D eigenvalue weighted by Gasteiger charge is -2.29. The number of hydrogen-bond acceptors (Lipinski definition) is 6. The third-order valence-corrected chi connectivity index (χ3v) is 5.90. The summed E-state index contributed by atoms with van der Waals surface area (Å²) in [6, 6.07) is 2.59. The molecule has 0 aromatic carbocycles. The molecule has 2 aliphatic heterocycles. The minimum Gasteiger partial charge on any atom is -0.454 e. The Hall–Kier alpha value is -1.80. The van der Waals surface area contributed by atoms with Crippen LogP contribution in [0.3, 0.4) is 0 Å². The monoisotopic (exact) mass is 369 g/mol. The molecule has 0 spiro atoms. The molecule has 0 aliphatic carbocycles. The van der Waals surface area contributed by atoms with E-state index in [0.717, 1.165) is 6.42 Å². The number of rotatable bonds is 4. The Morgan fingerprint density at radius 1 is 1.58 bits per heavy atom. The van der Waals surface area contributed by atoms with Crippen LogP contribution in [0.25, 0.3) is 0 Å². The SMILES string of the molecule is C[C@@]12CCC(=O)N1[C@H](C(=O)OCC(=O)Nc1cccnc1Cl)CS2. The number of amides is 2. The summed E-state index contributed by atoms with van der Waals surface area (Å²) in [6.45, 7) is 1.51. The maximum absolute atomic E-state index is 12.3. The summed E-state index contributed by atoms with van der Waals surface area (Å²) in [4.78, 5) is 41.2. The molecule has 0 saturated carbocycles. The van der Waals surface area contributed by atoms with Crippen molar-refractivity contribution in [1.82, 2.24) is 9.88 Å². The number of fused-ring (bicyclic) bond motifs is 1. The first-order valence-electron chi connectivity index (χ1n) is 7.44. The Morgan fingerprint density at radius 3 is 3.12 bits per heavy atom. The van der Waals surface area contributed by atoms with Gasteiger partial charge in [0.2, 0.25) is 5.91 Å². The van der Waals surface area contributed by atoms with E-state index in [1.54, 1.807) is 28.8 Å². The zero-order chi connectivity index (χ0) is 17.3. The molecule has 128 valence electrons. The lowest BCUT2D eigenvalue weighted by atomic mass is 10.2. The van der Waals surface area contributed by atoms with Crippen LogP contribution in [0.15, 0.2) is 18.3 Å². The van der Waals surface area contributed by atoms with E-state index in [0.29, 0.717) is 17.9 Å². The molecule has 2 saturated heterocycles. The number of carbonyl (C=O) groups is 3. The number of thioether (sulfide) groups is 1. The lowest BCUT2D eigenvalue weighted by Crippen LogP contribution is -2.47. The number of pyridine rings is 1. The number of halogens is 1. The number of anilines is 1. The van der Waals surface area contributed by atoms with Gasteiger partial charge in [0.15, 0.2) is 11.8 Å². The van der Waals surface area contributed by atoms with Gasteiger partial charge in [-0.2, -0.15) is 0 Å². The smallest absolute Gasteiger partial charge is 0.330 e. The van der Waals surface area contributed by atoms with E-state index < -0.39 is 24.5 Å². The summed E-state index contributed by atoms with van der Waals surface area (Å²) in [7, 11) is 0. The highest BCUT2D eigenvalue weighted by atomic mass is 35.5. The third kappa shape index (κ3) is 3.21. The summed E-state index contributed by atoms with van der Waals surface area (Å²) in [5, 5.41) is 2.68. The van der Waals surface area contributed by atoms with Gasteiger partial charge in [-0.25, -0.2) is 9.78 Å². The van der Waals surface area contributed by atoms with Gasteiger partial charge in [0.05, 0.1) is 10.6 Å². The summed E-state index contributed by atoms with van der Waals surface area (Å²) in [6.07, 6.45) is 2.66. The first-order valence-corrected chi connectivity index (χ1v) is 8.80. The minimum absolute atomic E-state index is 0.0453. The van der Waals surface area contributed by atoms with Crippen LogP contribution >= 0.6 is 23.4 Å². The molecule has 0 radical (unpaired) electrons. The van der Waals surface area contributed by atoms with Crippen LogP contribution in [-0.2, 0) is 19.1 Å². The van der Waals surface area contributed by atoms with Gasteiger partial charge in [-0.1, -0.05) is 11.6 Å². The van der Waals surface area contributed by atoms with Gasteiger partial charge in [-0.05, 0) is 25.5 Å². The van der Waals surface area contributed by atoms with Crippen molar-refractivity contribution in [3.63, 3.8) is 0 Å². The third-order valence-electron chi connectivity index (χ3n) is 4.10. The van der Waals surface area contributed by atoms with Crippen molar-refractivity contribution in [2.24, 2.45) is 0 Å². The van der Waals surface area contributed by atoms with Crippen LogP contribution < -0.4 is 5.32 Å². The van der Waals surface area contributed by atoms with Crippen LogP contribution in [0.2, 0.25) is 5.15 Å². The molecule has 24 heavy (non-hydrogen) atoms. The van der Waals surface area contributed by atoms with Crippen molar-refractivity contribution in [3.05, 3.63) is 23.5 Å². The fraction of sp³-hybridized carbons (Fsp3) is 0.467.